The first-order valence-corrected chi connectivity index (χ1v) is 4.70. The summed E-state index contributed by atoms with van der Waals surface area (Å²) in [5.41, 5.74) is 0.297. The molecule has 84 valence electrons. The Balaban J connectivity index is 2.26. The summed E-state index contributed by atoms with van der Waals surface area (Å²) in [7, 11) is 0. The number of rotatable bonds is 4. The summed E-state index contributed by atoms with van der Waals surface area (Å²) in [6.45, 7) is 0.908. The van der Waals surface area contributed by atoms with E-state index in [-0.39, 0.29) is 23.1 Å². The summed E-state index contributed by atoms with van der Waals surface area (Å²) in [5, 5.41) is 10.5. The van der Waals surface area contributed by atoms with Gasteiger partial charge in [0.2, 0.25) is 0 Å². The fourth-order valence-corrected chi connectivity index (χ4v) is 1.30. The van der Waals surface area contributed by atoms with Crippen molar-refractivity contribution >= 4 is 11.7 Å². The van der Waals surface area contributed by atoms with E-state index in [9.17, 15) is 9.70 Å². The number of hydrogen-bond donors (Lipinski definition) is 2. The van der Waals surface area contributed by atoms with Gasteiger partial charge in [0.1, 0.15) is 6.10 Å². The molecule has 0 aliphatic carbocycles. The molecule has 0 aromatic heterocycles. The maximum absolute atomic E-state index is 10.7. The molecule has 0 amide bonds. The van der Waals surface area contributed by atoms with E-state index in [0.29, 0.717) is 13.2 Å². The van der Waals surface area contributed by atoms with E-state index in [2.05, 4.69) is 0 Å². The zero-order chi connectivity index (χ0) is 11.5. The zero-order valence-corrected chi connectivity index (χ0v) is 8.30. The van der Waals surface area contributed by atoms with E-state index < -0.39 is 5.97 Å². The van der Waals surface area contributed by atoms with E-state index in [1.54, 1.807) is 5.18 Å². The van der Waals surface area contributed by atoms with E-state index in [1.165, 1.54) is 18.2 Å². The molecule has 1 heterocycles. The minimum atomic E-state index is -1.06. The third kappa shape index (κ3) is 2.01. The second-order valence-corrected chi connectivity index (χ2v) is 3.40. The van der Waals surface area contributed by atoms with E-state index in [1.807, 2.05) is 0 Å². The number of ether oxygens (including phenoxy) is 2. The first kappa shape index (κ1) is 10.6. The predicted octanol–water partition coefficient (Wildman–Crippen LogP) is -0.359. The molecule has 1 saturated heterocycles. The summed E-state index contributed by atoms with van der Waals surface area (Å²) >= 11 is 0. The highest BCUT2D eigenvalue weighted by atomic mass is 16.6. The zero-order valence-electron chi connectivity index (χ0n) is 8.30. The summed E-state index contributed by atoms with van der Waals surface area (Å²) in [4.78, 5) is 21.4. The van der Waals surface area contributed by atoms with Crippen LogP contribution < -0.4 is 9.91 Å². The van der Waals surface area contributed by atoms with Crippen molar-refractivity contribution in [1.29, 1.82) is 0 Å². The number of carbonyl (C=O) groups is 1. The number of aromatic carboxylic acids is 1. The van der Waals surface area contributed by atoms with Crippen molar-refractivity contribution in [2.24, 2.45) is 0 Å². The van der Waals surface area contributed by atoms with Gasteiger partial charge in [0, 0.05) is 22.2 Å². The molecular weight excluding hydrogens is 214 g/mol. The van der Waals surface area contributed by atoms with Gasteiger partial charge in [-0.3, -0.25) is 0 Å². The summed E-state index contributed by atoms with van der Waals surface area (Å²) in [6.07, 6.45) is -0.115. The second-order valence-electron chi connectivity index (χ2n) is 3.40. The summed E-state index contributed by atoms with van der Waals surface area (Å²) in [5.74, 6) is -0.824. The van der Waals surface area contributed by atoms with Crippen molar-refractivity contribution in [1.82, 2.24) is 0 Å². The molecule has 0 unspecified atom stereocenters. The Bertz CT molecular complexity index is 427. The highest BCUT2D eigenvalue weighted by Gasteiger charge is 2.24. The van der Waals surface area contributed by atoms with Gasteiger partial charge in [0.15, 0.2) is 5.75 Å². The van der Waals surface area contributed by atoms with Gasteiger partial charge in [-0.2, -0.15) is 0 Å². The molecule has 1 aliphatic rings. The number of carboxylic acids is 1. The summed E-state index contributed by atoms with van der Waals surface area (Å²) in [6, 6.07) is 4.04. The number of benzene rings is 1. The average molecular weight is 224 g/mol. The van der Waals surface area contributed by atoms with Gasteiger partial charge >= 0.3 is 5.97 Å². The van der Waals surface area contributed by atoms with Crippen molar-refractivity contribution in [2.75, 3.05) is 13.2 Å². The molecule has 0 saturated carbocycles. The lowest BCUT2D eigenvalue weighted by Crippen LogP contribution is -2.56. The van der Waals surface area contributed by atoms with Gasteiger partial charge in [0.25, 0.3) is 5.69 Å². The molecular formula is C10H10NO5+. The maximum atomic E-state index is 10.7. The van der Waals surface area contributed by atoms with Gasteiger partial charge in [-0.25, -0.2) is 4.79 Å². The molecule has 1 aliphatic heterocycles. The van der Waals surface area contributed by atoms with Crippen LogP contribution in [-0.2, 0) is 4.74 Å². The quantitative estimate of drug-likeness (QED) is 0.729. The van der Waals surface area contributed by atoms with Crippen LogP contribution in [0.2, 0.25) is 0 Å². The lowest BCUT2D eigenvalue weighted by Gasteiger charge is -2.26. The Labute approximate surface area is 90.8 Å². The predicted molar refractivity (Wildman–Crippen MR) is 52.6 cm³/mol. The highest BCUT2D eigenvalue weighted by Crippen LogP contribution is 2.24. The standard InChI is InChI=1S/C10H9NO5/c12-10(13)6-1-2-8(11-14)9(3-6)16-7-4-15-5-7/h1-3,7H,4-5H2,(H,12,13)/p+1. The van der Waals surface area contributed by atoms with E-state index in [0.717, 1.165) is 0 Å². The van der Waals surface area contributed by atoms with Crippen LogP contribution in [-0.4, -0.2) is 30.4 Å². The van der Waals surface area contributed by atoms with Crippen molar-refractivity contribution in [3.8, 4) is 5.75 Å². The third-order valence-corrected chi connectivity index (χ3v) is 2.24. The van der Waals surface area contributed by atoms with Crippen molar-refractivity contribution in [3.63, 3.8) is 0 Å². The van der Waals surface area contributed by atoms with Crippen molar-refractivity contribution in [2.45, 2.75) is 6.10 Å². The third-order valence-electron chi connectivity index (χ3n) is 2.24. The SMILES string of the molecule is O=[NH+]c1ccc(C(=O)O)cc1OC1COC1. The molecule has 1 aromatic carbocycles. The number of nitroso groups, excluding NO2 is 1. The highest BCUT2D eigenvalue weighted by molar-refractivity contribution is 5.88. The smallest absolute Gasteiger partial charge is 0.335 e. The molecule has 0 atom stereocenters. The Morgan fingerprint density at radius 1 is 1.50 bits per heavy atom. The van der Waals surface area contributed by atoms with Gasteiger partial charge in [-0.15, -0.1) is 0 Å². The molecule has 0 spiro atoms. The second kappa shape index (κ2) is 4.28. The average Bonchev–Trinajstić information content (AvgIpc) is 2.23. The van der Waals surface area contributed by atoms with Crippen LogP contribution in [0.5, 0.6) is 5.75 Å². The number of carboxylic acid groups (broad SMARTS) is 1. The molecule has 2 rings (SSSR count). The Morgan fingerprint density at radius 2 is 2.25 bits per heavy atom. The Hall–Kier alpha value is -1.95. The van der Waals surface area contributed by atoms with Crippen molar-refractivity contribution in [3.05, 3.63) is 28.7 Å². The fourth-order valence-electron chi connectivity index (χ4n) is 1.30. The Morgan fingerprint density at radius 3 is 2.75 bits per heavy atom. The normalized spacial score (nSPS) is 15.2. The van der Waals surface area contributed by atoms with Crippen LogP contribution in [0.1, 0.15) is 10.4 Å². The van der Waals surface area contributed by atoms with Crippen LogP contribution in [0.4, 0.5) is 5.69 Å². The topological polar surface area (TPSA) is 86.8 Å². The first-order chi connectivity index (χ1) is 7.70. The van der Waals surface area contributed by atoms with E-state index >= 15 is 0 Å². The molecule has 1 aromatic rings. The molecule has 0 bridgehead atoms. The number of nitrogens with one attached hydrogen (secondary N) is 1. The monoisotopic (exact) mass is 224 g/mol. The molecule has 16 heavy (non-hydrogen) atoms. The summed E-state index contributed by atoms with van der Waals surface area (Å²) < 4.78 is 10.3. The van der Waals surface area contributed by atoms with Crippen LogP contribution in [0.15, 0.2) is 18.2 Å². The van der Waals surface area contributed by atoms with Gasteiger partial charge < -0.3 is 14.6 Å². The first-order valence-electron chi connectivity index (χ1n) is 4.70. The lowest BCUT2D eigenvalue weighted by atomic mass is 10.2. The van der Waals surface area contributed by atoms with Crippen molar-refractivity contribution < 1.29 is 24.6 Å². The van der Waals surface area contributed by atoms with Gasteiger partial charge in [-0.05, 0) is 6.07 Å². The number of hydrogen-bond acceptors (Lipinski definition) is 4. The molecule has 6 nitrogen and oxygen atoms in total. The van der Waals surface area contributed by atoms with E-state index in [4.69, 9.17) is 14.6 Å². The minimum absolute atomic E-state index is 0.0780. The largest absolute Gasteiger partial charge is 0.479 e. The molecule has 0 radical (unpaired) electrons. The molecule has 6 heteroatoms. The molecule has 2 N–H and O–H groups in total. The fraction of sp³-hybridized carbons (Fsp3) is 0.300. The maximum Gasteiger partial charge on any atom is 0.335 e. The van der Waals surface area contributed by atoms with Crippen LogP contribution >= 0.6 is 0 Å². The Kier molecular flexibility index (Phi) is 2.82. The van der Waals surface area contributed by atoms with Crippen LogP contribution in [0.25, 0.3) is 0 Å². The molecule has 1 fully saturated rings. The van der Waals surface area contributed by atoms with Gasteiger partial charge in [-0.1, -0.05) is 0 Å². The minimum Gasteiger partial charge on any atom is -0.479 e. The lowest BCUT2D eigenvalue weighted by molar-refractivity contribution is -0.381. The van der Waals surface area contributed by atoms with Crippen LogP contribution in [0, 0.1) is 4.91 Å². The van der Waals surface area contributed by atoms with Gasteiger partial charge in [0.05, 0.1) is 18.8 Å². The van der Waals surface area contributed by atoms with Crippen LogP contribution in [0.3, 0.4) is 0 Å².